The zero-order valence-corrected chi connectivity index (χ0v) is 15.3. The standard InChI is InChI=1S/C14H19ClN4O2.C2HF3O2/c15-9-12(16)18-8-4-7-11(13(17)20)19-14(21)10-5-2-1-3-6-10;3-2(4,5)1(6)7/h1-3,5-6,11H,4,7-9H2,(H2,16,18)(H2,17,20)(H,19,21);(H,6,7)/t11-;/m0./s1. The van der Waals surface area contributed by atoms with Gasteiger partial charge in [-0.15, -0.1) is 11.6 Å². The number of carboxylic acid groups (broad SMARTS) is 1. The van der Waals surface area contributed by atoms with E-state index >= 15 is 0 Å². The summed E-state index contributed by atoms with van der Waals surface area (Å²) in [7, 11) is 0. The summed E-state index contributed by atoms with van der Waals surface area (Å²) in [6, 6.07) is 7.90. The van der Waals surface area contributed by atoms with Crippen molar-refractivity contribution < 1.29 is 32.7 Å². The Bertz CT molecular complexity index is 684. The van der Waals surface area contributed by atoms with Crippen LogP contribution in [0.5, 0.6) is 0 Å². The molecule has 1 aromatic rings. The van der Waals surface area contributed by atoms with Crippen LogP contribution >= 0.6 is 11.6 Å². The maximum Gasteiger partial charge on any atom is 0.490 e. The molecule has 0 unspecified atom stereocenters. The Morgan fingerprint density at radius 3 is 2.14 bits per heavy atom. The van der Waals surface area contributed by atoms with E-state index in [1.807, 2.05) is 6.07 Å². The molecule has 1 atom stereocenters. The number of halogens is 4. The number of amidine groups is 1. The van der Waals surface area contributed by atoms with Crippen LogP contribution < -0.4 is 16.8 Å². The van der Waals surface area contributed by atoms with E-state index in [2.05, 4.69) is 10.3 Å². The third-order valence-corrected chi connectivity index (χ3v) is 3.30. The number of hydrogen-bond donors (Lipinski definition) is 4. The number of aliphatic imine (C=N–C) groups is 1. The average molecular weight is 425 g/mol. The van der Waals surface area contributed by atoms with Gasteiger partial charge >= 0.3 is 12.1 Å². The number of carboxylic acids is 1. The van der Waals surface area contributed by atoms with Crippen LogP contribution in [-0.4, -0.2) is 53.4 Å². The van der Waals surface area contributed by atoms with Crippen molar-refractivity contribution in [2.75, 3.05) is 12.4 Å². The Morgan fingerprint density at radius 1 is 1.18 bits per heavy atom. The van der Waals surface area contributed by atoms with Crippen molar-refractivity contribution in [1.29, 1.82) is 0 Å². The number of nitrogens with one attached hydrogen (secondary N) is 1. The topological polar surface area (TPSA) is 148 Å². The molecule has 0 spiro atoms. The number of rotatable bonds is 8. The number of aliphatic carboxylic acids is 1. The maximum atomic E-state index is 12.0. The zero-order valence-electron chi connectivity index (χ0n) is 14.6. The molecule has 6 N–H and O–H groups in total. The van der Waals surface area contributed by atoms with Crippen molar-refractivity contribution in [3.05, 3.63) is 35.9 Å². The van der Waals surface area contributed by atoms with Crippen molar-refractivity contribution in [1.82, 2.24) is 5.32 Å². The molecule has 1 aromatic carbocycles. The van der Waals surface area contributed by atoms with Crippen LogP contribution in [0.2, 0.25) is 0 Å². The van der Waals surface area contributed by atoms with E-state index in [0.717, 1.165) is 0 Å². The van der Waals surface area contributed by atoms with Gasteiger partial charge in [0.15, 0.2) is 0 Å². The van der Waals surface area contributed by atoms with Crippen LogP contribution in [-0.2, 0) is 9.59 Å². The van der Waals surface area contributed by atoms with Gasteiger partial charge < -0.3 is 21.9 Å². The molecule has 2 amide bonds. The smallest absolute Gasteiger partial charge is 0.475 e. The van der Waals surface area contributed by atoms with E-state index in [1.54, 1.807) is 24.3 Å². The first-order valence-electron chi connectivity index (χ1n) is 7.79. The van der Waals surface area contributed by atoms with E-state index in [9.17, 15) is 22.8 Å². The van der Waals surface area contributed by atoms with E-state index in [4.69, 9.17) is 33.0 Å². The Kier molecular flexibility index (Phi) is 11.3. The lowest BCUT2D eigenvalue weighted by molar-refractivity contribution is -0.192. The fraction of sp³-hybridized carbons (Fsp3) is 0.375. The molecular weight excluding hydrogens is 405 g/mol. The Labute approximate surface area is 163 Å². The molecule has 1 rings (SSSR count). The van der Waals surface area contributed by atoms with E-state index in [0.29, 0.717) is 30.8 Å². The Hall–Kier alpha value is -2.82. The lowest BCUT2D eigenvalue weighted by atomic mass is 10.1. The van der Waals surface area contributed by atoms with Gasteiger partial charge in [0.25, 0.3) is 5.91 Å². The van der Waals surface area contributed by atoms with Gasteiger partial charge in [0, 0.05) is 12.1 Å². The normalized spacial score (nSPS) is 12.4. The third kappa shape index (κ3) is 11.0. The molecule has 0 saturated heterocycles. The largest absolute Gasteiger partial charge is 0.490 e. The van der Waals surface area contributed by atoms with Gasteiger partial charge in [0.05, 0.1) is 5.88 Å². The molecule has 0 aliphatic carbocycles. The number of benzene rings is 1. The number of nitrogens with two attached hydrogens (primary N) is 2. The molecule has 0 radical (unpaired) electrons. The molecular formula is C16H20ClF3N4O4. The summed E-state index contributed by atoms with van der Waals surface area (Å²) in [4.78, 5) is 36.2. The summed E-state index contributed by atoms with van der Waals surface area (Å²) in [6.07, 6.45) is -4.12. The van der Waals surface area contributed by atoms with Gasteiger partial charge in [0.2, 0.25) is 5.91 Å². The number of carbonyl (C=O) groups excluding carboxylic acids is 2. The first kappa shape index (κ1) is 25.2. The number of hydrogen-bond acceptors (Lipinski definition) is 4. The second-order valence-corrected chi connectivity index (χ2v) is 5.51. The molecule has 12 heteroatoms. The van der Waals surface area contributed by atoms with Crippen molar-refractivity contribution in [2.24, 2.45) is 16.5 Å². The summed E-state index contributed by atoms with van der Waals surface area (Å²) < 4.78 is 31.7. The van der Waals surface area contributed by atoms with Crippen LogP contribution in [0, 0.1) is 0 Å². The zero-order chi connectivity index (χ0) is 21.7. The lowest BCUT2D eigenvalue weighted by Gasteiger charge is -2.15. The van der Waals surface area contributed by atoms with Crippen LogP contribution in [0.25, 0.3) is 0 Å². The van der Waals surface area contributed by atoms with Crippen LogP contribution in [0.1, 0.15) is 23.2 Å². The van der Waals surface area contributed by atoms with Gasteiger partial charge in [-0.2, -0.15) is 13.2 Å². The quantitative estimate of drug-likeness (QED) is 0.215. The highest BCUT2D eigenvalue weighted by molar-refractivity contribution is 6.27. The van der Waals surface area contributed by atoms with Gasteiger partial charge in [0.1, 0.15) is 11.9 Å². The minimum Gasteiger partial charge on any atom is -0.475 e. The second-order valence-electron chi connectivity index (χ2n) is 5.25. The van der Waals surface area contributed by atoms with E-state index in [-0.39, 0.29) is 11.8 Å². The molecule has 0 fully saturated rings. The van der Waals surface area contributed by atoms with Crippen LogP contribution in [0.3, 0.4) is 0 Å². The Morgan fingerprint density at radius 2 is 1.71 bits per heavy atom. The van der Waals surface area contributed by atoms with Gasteiger partial charge in [-0.3, -0.25) is 14.6 Å². The van der Waals surface area contributed by atoms with E-state index in [1.165, 1.54) is 0 Å². The van der Waals surface area contributed by atoms with Crippen molar-refractivity contribution in [3.8, 4) is 0 Å². The minimum absolute atomic E-state index is 0.171. The monoisotopic (exact) mass is 424 g/mol. The van der Waals surface area contributed by atoms with Crippen LogP contribution in [0.4, 0.5) is 13.2 Å². The maximum absolute atomic E-state index is 12.0. The molecule has 8 nitrogen and oxygen atoms in total. The Balaban J connectivity index is 0.000000887. The van der Waals surface area contributed by atoms with E-state index < -0.39 is 24.1 Å². The molecule has 0 aromatic heterocycles. The fourth-order valence-corrected chi connectivity index (χ4v) is 1.76. The summed E-state index contributed by atoms with van der Waals surface area (Å²) in [6.45, 7) is 0.434. The SMILES string of the molecule is NC(=O)[C@H](CCCN=C(N)CCl)NC(=O)c1ccccc1.O=C(O)C(F)(F)F. The average Bonchev–Trinajstić information content (AvgIpc) is 2.63. The fourth-order valence-electron chi connectivity index (χ4n) is 1.68. The molecule has 0 saturated carbocycles. The number of amides is 2. The molecule has 0 bridgehead atoms. The molecule has 28 heavy (non-hydrogen) atoms. The van der Waals surface area contributed by atoms with Gasteiger partial charge in [-0.25, -0.2) is 4.79 Å². The molecule has 156 valence electrons. The predicted octanol–water partition coefficient (Wildman–Crippen LogP) is 1.28. The van der Waals surface area contributed by atoms with Gasteiger partial charge in [-0.05, 0) is 25.0 Å². The summed E-state index contributed by atoms with van der Waals surface area (Å²) in [5, 5.41) is 9.74. The summed E-state index contributed by atoms with van der Waals surface area (Å²) in [5.74, 6) is -3.14. The minimum atomic E-state index is -5.08. The molecule has 0 aliphatic rings. The summed E-state index contributed by atoms with van der Waals surface area (Å²) >= 11 is 5.49. The summed E-state index contributed by atoms with van der Waals surface area (Å²) in [5.41, 5.74) is 11.2. The predicted molar refractivity (Wildman–Crippen MR) is 97.0 cm³/mol. The number of nitrogens with zero attached hydrogens (tertiary/aromatic N) is 1. The van der Waals surface area contributed by atoms with Gasteiger partial charge in [-0.1, -0.05) is 18.2 Å². The number of alkyl halides is 4. The number of primary amides is 1. The first-order chi connectivity index (χ1) is 13.0. The van der Waals surface area contributed by atoms with Crippen LogP contribution in [0.15, 0.2) is 35.3 Å². The highest BCUT2D eigenvalue weighted by Gasteiger charge is 2.38. The van der Waals surface area contributed by atoms with Crippen molar-refractivity contribution >= 4 is 35.2 Å². The number of carbonyl (C=O) groups is 3. The second kappa shape index (κ2) is 12.5. The highest BCUT2D eigenvalue weighted by Crippen LogP contribution is 2.13. The third-order valence-electron chi connectivity index (χ3n) is 3.03. The van der Waals surface area contributed by atoms with Crippen molar-refractivity contribution in [3.63, 3.8) is 0 Å². The molecule has 0 heterocycles. The van der Waals surface area contributed by atoms with Crippen molar-refractivity contribution in [2.45, 2.75) is 25.1 Å². The molecule has 0 aliphatic heterocycles. The lowest BCUT2D eigenvalue weighted by Crippen LogP contribution is -2.44. The highest BCUT2D eigenvalue weighted by atomic mass is 35.5. The first-order valence-corrected chi connectivity index (χ1v) is 8.32.